The number of aryl methyl sites for hydroxylation is 1. The van der Waals surface area contributed by atoms with E-state index >= 15 is 0 Å². The van der Waals surface area contributed by atoms with E-state index in [2.05, 4.69) is 6.08 Å². The van der Waals surface area contributed by atoms with Crippen molar-refractivity contribution in [2.45, 2.75) is 20.3 Å². The van der Waals surface area contributed by atoms with Gasteiger partial charge in [-0.15, -0.1) is 0 Å². The number of carbonyl (C=O) groups excluding carboxylic acids is 4. The molecule has 45 heavy (non-hydrogen) atoms. The van der Waals surface area contributed by atoms with Crippen molar-refractivity contribution in [2.75, 3.05) is 18.6 Å². The molecule has 1 saturated heterocycles. The summed E-state index contributed by atoms with van der Waals surface area (Å²) in [5, 5.41) is 1.03. The summed E-state index contributed by atoms with van der Waals surface area (Å²) >= 11 is 6.42. The summed E-state index contributed by atoms with van der Waals surface area (Å²) in [5.74, 6) is -1.12. The fraction of sp³-hybridized carbons (Fsp3) is 0.250. The topological polar surface area (TPSA) is 103 Å². The quantitative estimate of drug-likeness (QED) is 0.0991. The summed E-state index contributed by atoms with van der Waals surface area (Å²) in [5.41, 5.74) is 4.65. The maximum absolute atomic E-state index is 13.4. The summed E-state index contributed by atoms with van der Waals surface area (Å²) in [6.07, 6.45) is 3.03. The third-order valence-corrected chi connectivity index (χ3v) is 9.83. The first-order valence-corrected chi connectivity index (χ1v) is 15.1. The van der Waals surface area contributed by atoms with Gasteiger partial charge in [0.25, 0.3) is 0 Å². The van der Waals surface area contributed by atoms with E-state index in [1.807, 2.05) is 13.8 Å². The third-order valence-electron chi connectivity index (χ3n) is 9.42. The minimum absolute atomic E-state index is 0.126. The number of carbonyl (C=O) groups is 4. The lowest BCUT2D eigenvalue weighted by Gasteiger charge is -2.19. The van der Waals surface area contributed by atoms with Crippen LogP contribution in [0.2, 0.25) is 5.02 Å². The predicted molar refractivity (Wildman–Crippen MR) is 169 cm³/mol. The molecule has 3 aliphatic rings. The van der Waals surface area contributed by atoms with E-state index in [-0.39, 0.29) is 46.8 Å². The number of benzene rings is 3. The highest BCUT2D eigenvalue weighted by Gasteiger charge is 2.60. The molecule has 7 rings (SSSR count). The Kier molecular flexibility index (Phi) is 7.05. The SMILES string of the molecule is COc1cccc(C(=O)COC(=O)c2cc(-c3ccc(N4C(=O)C5C6C=C(C)C(C6)C5C4=O)cc3)nc3c(C)c(Cl)ccc23)c1. The molecular formula is C36H29ClN2O6. The van der Waals surface area contributed by atoms with Gasteiger partial charge in [0.15, 0.2) is 12.4 Å². The normalized spacial score (nSPS) is 21.7. The molecule has 0 spiro atoms. The lowest BCUT2D eigenvalue weighted by Crippen LogP contribution is -2.32. The number of amides is 2. The molecule has 1 saturated carbocycles. The van der Waals surface area contributed by atoms with Crippen LogP contribution in [0.25, 0.3) is 22.2 Å². The zero-order valence-electron chi connectivity index (χ0n) is 24.9. The van der Waals surface area contributed by atoms with Crippen LogP contribution in [0.15, 0.2) is 78.4 Å². The Morgan fingerprint density at radius 3 is 2.49 bits per heavy atom. The van der Waals surface area contributed by atoms with Gasteiger partial charge in [0.1, 0.15) is 5.75 Å². The number of rotatable bonds is 7. The van der Waals surface area contributed by atoms with Gasteiger partial charge in [-0.1, -0.05) is 53.6 Å². The van der Waals surface area contributed by atoms with Crippen LogP contribution in [0, 0.1) is 30.6 Å². The Morgan fingerprint density at radius 2 is 1.73 bits per heavy atom. The van der Waals surface area contributed by atoms with E-state index in [1.165, 1.54) is 17.6 Å². The predicted octanol–water partition coefficient (Wildman–Crippen LogP) is 6.61. The number of ether oxygens (including phenoxy) is 2. The van der Waals surface area contributed by atoms with Crippen molar-refractivity contribution in [3.8, 4) is 17.0 Å². The van der Waals surface area contributed by atoms with E-state index in [9.17, 15) is 19.2 Å². The van der Waals surface area contributed by atoms with Crippen LogP contribution in [-0.4, -0.2) is 42.3 Å². The Bertz CT molecular complexity index is 1970. The van der Waals surface area contributed by atoms with Crippen LogP contribution in [0.4, 0.5) is 5.69 Å². The van der Waals surface area contributed by atoms with E-state index in [0.29, 0.717) is 49.7 Å². The molecule has 2 aliphatic carbocycles. The third kappa shape index (κ3) is 4.71. The van der Waals surface area contributed by atoms with Crippen molar-refractivity contribution >= 4 is 51.8 Å². The first-order valence-electron chi connectivity index (χ1n) is 14.8. The smallest absolute Gasteiger partial charge is 0.339 e. The lowest BCUT2D eigenvalue weighted by molar-refractivity contribution is -0.123. The average molecular weight is 621 g/mol. The Morgan fingerprint density at radius 1 is 0.978 bits per heavy atom. The van der Waals surface area contributed by atoms with E-state index < -0.39 is 12.6 Å². The molecule has 226 valence electrons. The van der Waals surface area contributed by atoms with Crippen molar-refractivity contribution in [2.24, 2.45) is 23.7 Å². The number of anilines is 1. The molecule has 2 bridgehead atoms. The molecule has 2 heterocycles. The van der Waals surface area contributed by atoms with Crippen molar-refractivity contribution < 1.29 is 28.7 Å². The molecule has 4 unspecified atom stereocenters. The Balaban J connectivity index is 1.18. The van der Waals surface area contributed by atoms with E-state index in [0.717, 1.165) is 6.42 Å². The second-order valence-electron chi connectivity index (χ2n) is 11.9. The van der Waals surface area contributed by atoms with Crippen molar-refractivity contribution in [1.29, 1.82) is 0 Å². The number of Topliss-reactive ketones (excluding diaryl/α,β-unsaturated/α-hetero) is 1. The molecule has 0 radical (unpaired) electrons. The number of hydrogen-bond donors (Lipinski definition) is 0. The molecule has 3 aromatic carbocycles. The molecule has 2 fully saturated rings. The molecule has 2 amide bonds. The minimum atomic E-state index is -0.684. The van der Waals surface area contributed by atoms with Gasteiger partial charge in [0, 0.05) is 21.5 Å². The van der Waals surface area contributed by atoms with Crippen molar-refractivity contribution in [1.82, 2.24) is 4.98 Å². The zero-order chi connectivity index (χ0) is 31.6. The molecular weight excluding hydrogens is 592 g/mol. The molecule has 0 N–H and O–H groups in total. The van der Waals surface area contributed by atoms with Crippen molar-refractivity contribution in [3.05, 3.63) is 100 Å². The fourth-order valence-corrected chi connectivity index (χ4v) is 7.27. The number of hydrogen-bond acceptors (Lipinski definition) is 7. The van der Waals surface area contributed by atoms with Crippen LogP contribution >= 0.6 is 11.6 Å². The number of allylic oxidation sites excluding steroid dienone is 2. The zero-order valence-corrected chi connectivity index (χ0v) is 25.6. The highest BCUT2D eigenvalue weighted by atomic mass is 35.5. The monoisotopic (exact) mass is 620 g/mol. The number of halogens is 1. The van der Waals surface area contributed by atoms with Gasteiger partial charge in [-0.05, 0) is 74.1 Å². The summed E-state index contributed by atoms with van der Waals surface area (Å²) in [4.78, 5) is 59.2. The summed E-state index contributed by atoms with van der Waals surface area (Å²) in [6.45, 7) is 3.41. The number of esters is 1. The van der Waals surface area contributed by atoms with Gasteiger partial charge < -0.3 is 9.47 Å². The largest absolute Gasteiger partial charge is 0.497 e. The van der Waals surface area contributed by atoms with Gasteiger partial charge in [0.2, 0.25) is 11.8 Å². The van der Waals surface area contributed by atoms with Crippen LogP contribution in [0.3, 0.4) is 0 Å². The van der Waals surface area contributed by atoms with Gasteiger partial charge in [-0.3, -0.25) is 19.3 Å². The van der Waals surface area contributed by atoms with Crippen molar-refractivity contribution in [3.63, 3.8) is 0 Å². The summed E-state index contributed by atoms with van der Waals surface area (Å²) in [6, 6.07) is 18.7. The van der Waals surface area contributed by atoms with Gasteiger partial charge in [-0.25, -0.2) is 9.78 Å². The van der Waals surface area contributed by atoms with Crippen LogP contribution in [0.1, 0.15) is 39.6 Å². The van der Waals surface area contributed by atoms with Gasteiger partial charge in [0.05, 0.1) is 41.4 Å². The highest BCUT2D eigenvalue weighted by molar-refractivity contribution is 6.32. The van der Waals surface area contributed by atoms with Gasteiger partial charge >= 0.3 is 5.97 Å². The van der Waals surface area contributed by atoms with Crippen LogP contribution < -0.4 is 9.64 Å². The van der Waals surface area contributed by atoms with E-state index in [4.69, 9.17) is 26.1 Å². The molecule has 9 heteroatoms. The number of pyridine rings is 1. The number of aromatic nitrogens is 1. The molecule has 4 atom stereocenters. The minimum Gasteiger partial charge on any atom is -0.497 e. The molecule has 8 nitrogen and oxygen atoms in total. The number of nitrogens with zero attached hydrogens (tertiary/aromatic N) is 2. The summed E-state index contributed by atoms with van der Waals surface area (Å²) in [7, 11) is 1.51. The van der Waals surface area contributed by atoms with E-state index in [1.54, 1.807) is 66.7 Å². The molecule has 4 aromatic rings. The fourth-order valence-electron chi connectivity index (χ4n) is 7.12. The maximum Gasteiger partial charge on any atom is 0.339 e. The first-order chi connectivity index (χ1) is 21.7. The maximum atomic E-state index is 13.4. The average Bonchev–Trinajstić information content (AvgIpc) is 3.70. The van der Waals surface area contributed by atoms with Gasteiger partial charge in [-0.2, -0.15) is 0 Å². The van der Waals surface area contributed by atoms with Crippen LogP contribution in [0.5, 0.6) is 5.75 Å². The number of fused-ring (bicyclic) bond motifs is 6. The number of methoxy groups -OCH3 is 1. The second-order valence-corrected chi connectivity index (χ2v) is 12.3. The lowest BCUT2D eigenvalue weighted by atomic mass is 9.82. The standard InChI is InChI=1S/C36H29ClN2O6/c1-18-13-22-15-26(18)32-31(22)34(41)39(35(32)42)23-9-7-20(8-10-23)29-16-27(25-11-12-28(37)19(2)33(25)38-29)36(43)45-17-30(40)21-5-4-6-24(14-21)44-3/h4-14,16,22,26,31-32H,15,17H2,1-3H3. The first kappa shape index (κ1) is 28.9. The van der Waals surface area contributed by atoms with Crippen LogP contribution in [-0.2, 0) is 14.3 Å². The number of imide groups is 1. The summed E-state index contributed by atoms with van der Waals surface area (Å²) < 4.78 is 10.7. The molecule has 1 aromatic heterocycles. The second kappa shape index (κ2) is 11.0. The number of ketones is 1. The Hall–Kier alpha value is -4.82. The molecule has 1 aliphatic heterocycles. The highest BCUT2D eigenvalue weighted by Crippen LogP contribution is 2.56. The Labute approximate surface area is 264 Å².